The summed E-state index contributed by atoms with van der Waals surface area (Å²) in [6.45, 7) is 10.7. The summed E-state index contributed by atoms with van der Waals surface area (Å²) in [4.78, 5) is 2.17. The van der Waals surface area contributed by atoms with Gasteiger partial charge in [-0.2, -0.15) is 0 Å². The first kappa shape index (κ1) is 12.7. The van der Waals surface area contributed by atoms with E-state index in [9.17, 15) is 0 Å². The topological polar surface area (TPSA) is 45.9 Å². The molecule has 0 heterocycles. The van der Waals surface area contributed by atoms with Crippen molar-refractivity contribution in [2.45, 2.75) is 13.8 Å². The second-order valence-corrected chi connectivity index (χ2v) is 3.69. The molecule has 0 aliphatic heterocycles. The number of anilines is 1. The van der Waals surface area contributed by atoms with Gasteiger partial charge in [0.05, 0.1) is 6.54 Å². The van der Waals surface area contributed by atoms with Crippen molar-refractivity contribution in [2.24, 2.45) is 5.73 Å². The minimum absolute atomic E-state index is 0.494. The number of para-hydroxylation sites is 2. The van der Waals surface area contributed by atoms with Gasteiger partial charge in [-0.05, 0) is 19.9 Å². The Hall–Kier alpha value is -1.32. The van der Waals surface area contributed by atoms with Crippen LogP contribution in [-0.4, -0.2) is 19.6 Å². The van der Waals surface area contributed by atoms with Crippen molar-refractivity contribution >= 4 is 11.4 Å². The van der Waals surface area contributed by atoms with Crippen LogP contribution in [0.25, 0.3) is 0 Å². The van der Waals surface area contributed by atoms with Gasteiger partial charge in [-0.25, -0.2) is 0 Å². The van der Waals surface area contributed by atoms with Crippen molar-refractivity contribution in [3.63, 3.8) is 0 Å². The molecule has 16 heavy (non-hydrogen) atoms. The van der Waals surface area contributed by atoms with E-state index >= 15 is 0 Å². The highest BCUT2D eigenvalue weighted by atomic mass is 15.2. The van der Waals surface area contributed by atoms with Gasteiger partial charge in [0.2, 0.25) is 0 Å². The molecule has 0 amide bonds. The molecule has 1 aromatic carbocycles. The van der Waals surface area contributed by atoms with E-state index in [4.69, 9.17) is 5.73 Å². The van der Waals surface area contributed by atoms with E-state index in [0.717, 1.165) is 18.8 Å². The number of quaternary nitrogens is 1. The predicted molar refractivity (Wildman–Crippen MR) is 69.8 cm³/mol. The molecule has 0 radical (unpaired) electrons. The normalized spacial score (nSPS) is 10.2. The quantitative estimate of drug-likeness (QED) is 0.708. The molecule has 0 bridgehead atoms. The summed E-state index contributed by atoms with van der Waals surface area (Å²) in [6, 6.07) is 8.36. The molecule has 0 atom stereocenters. The van der Waals surface area contributed by atoms with Crippen LogP contribution in [-0.2, 0) is 0 Å². The Morgan fingerprint density at radius 1 is 1.38 bits per heavy atom. The minimum Gasteiger partial charge on any atom is -0.340 e. The molecule has 0 aliphatic rings. The van der Waals surface area contributed by atoms with Gasteiger partial charge in [0, 0.05) is 24.9 Å². The van der Waals surface area contributed by atoms with Crippen LogP contribution < -0.4 is 16.0 Å². The molecule has 88 valence electrons. The van der Waals surface area contributed by atoms with Gasteiger partial charge in [0.15, 0.2) is 5.69 Å². The first-order valence-electron chi connectivity index (χ1n) is 5.82. The summed E-state index contributed by atoms with van der Waals surface area (Å²) < 4.78 is 0. The molecule has 0 unspecified atom stereocenters. The summed E-state index contributed by atoms with van der Waals surface area (Å²) in [5, 5.41) is 2.22. The van der Waals surface area contributed by atoms with E-state index in [1.807, 2.05) is 0 Å². The second kappa shape index (κ2) is 6.30. The lowest BCUT2D eigenvalue weighted by Crippen LogP contribution is -2.77. The SMILES string of the molecule is C=C(CN)N(CC)c1ccccc1[NH2+]CC. The zero-order chi connectivity index (χ0) is 12.0. The van der Waals surface area contributed by atoms with E-state index in [1.54, 1.807) is 0 Å². The smallest absolute Gasteiger partial charge is 0.153 e. The number of hydrogen-bond donors (Lipinski definition) is 2. The van der Waals surface area contributed by atoms with Gasteiger partial charge in [-0.15, -0.1) is 0 Å². The third-order valence-electron chi connectivity index (χ3n) is 2.59. The maximum absolute atomic E-state index is 5.66. The van der Waals surface area contributed by atoms with E-state index in [0.29, 0.717) is 6.54 Å². The second-order valence-electron chi connectivity index (χ2n) is 3.69. The fourth-order valence-electron chi connectivity index (χ4n) is 1.80. The lowest BCUT2D eigenvalue weighted by molar-refractivity contribution is -0.567. The monoisotopic (exact) mass is 220 g/mol. The summed E-state index contributed by atoms with van der Waals surface area (Å²) in [5.74, 6) is 0. The van der Waals surface area contributed by atoms with Gasteiger partial charge in [0.25, 0.3) is 0 Å². The standard InChI is InChI=1S/C13H21N3/c1-4-15-12-8-6-7-9-13(12)16(5-2)11(3)10-14/h6-9,15H,3-5,10,14H2,1-2H3/p+1. The van der Waals surface area contributed by atoms with Crippen LogP contribution in [0.5, 0.6) is 0 Å². The van der Waals surface area contributed by atoms with Crippen molar-refractivity contribution in [1.82, 2.24) is 0 Å². The Bertz CT molecular complexity index is 347. The average molecular weight is 220 g/mol. The van der Waals surface area contributed by atoms with Gasteiger partial charge >= 0.3 is 0 Å². The molecular weight excluding hydrogens is 198 g/mol. The molecule has 3 nitrogen and oxygen atoms in total. The van der Waals surface area contributed by atoms with Crippen LogP contribution >= 0.6 is 0 Å². The molecule has 1 rings (SSSR count). The molecule has 1 aromatic rings. The van der Waals surface area contributed by atoms with Crippen LogP contribution in [0, 0.1) is 0 Å². The average Bonchev–Trinajstić information content (AvgIpc) is 2.32. The van der Waals surface area contributed by atoms with Crippen molar-refractivity contribution in [3.05, 3.63) is 36.5 Å². The van der Waals surface area contributed by atoms with Crippen LogP contribution in [0.15, 0.2) is 36.5 Å². The highest BCUT2D eigenvalue weighted by molar-refractivity contribution is 5.65. The highest BCUT2D eigenvalue weighted by Gasteiger charge is 2.13. The zero-order valence-electron chi connectivity index (χ0n) is 10.2. The molecular formula is C13H22N3+. The van der Waals surface area contributed by atoms with Gasteiger partial charge in [-0.3, -0.25) is 0 Å². The van der Waals surface area contributed by atoms with Crippen LogP contribution in [0.1, 0.15) is 13.8 Å². The molecule has 0 saturated carbocycles. The van der Waals surface area contributed by atoms with Crippen molar-refractivity contribution < 1.29 is 5.32 Å². The van der Waals surface area contributed by atoms with Crippen LogP contribution in [0.4, 0.5) is 11.4 Å². The summed E-state index contributed by atoms with van der Waals surface area (Å²) in [6.07, 6.45) is 0. The van der Waals surface area contributed by atoms with E-state index in [1.165, 1.54) is 11.4 Å². The van der Waals surface area contributed by atoms with Crippen LogP contribution in [0.2, 0.25) is 0 Å². The van der Waals surface area contributed by atoms with Gasteiger partial charge in [-0.1, -0.05) is 18.7 Å². The third-order valence-corrected chi connectivity index (χ3v) is 2.59. The molecule has 0 spiro atoms. The van der Waals surface area contributed by atoms with E-state index in [2.05, 4.69) is 54.9 Å². The Labute approximate surface area is 97.9 Å². The van der Waals surface area contributed by atoms with E-state index < -0.39 is 0 Å². The van der Waals surface area contributed by atoms with E-state index in [-0.39, 0.29) is 0 Å². The lowest BCUT2D eigenvalue weighted by atomic mass is 10.2. The Morgan fingerprint density at radius 3 is 2.62 bits per heavy atom. The predicted octanol–water partition coefficient (Wildman–Crippen LogP) is 1.20. The summed E-state index contributed by atoms with van der Waals surface area (Å²) >= 11 is 0. The number of rotatable bonds is 6. The molecule has 0 aliphatic carbocycles. The minimum atomic E-state index is 0.494. The summed E-state index contributed by atoms with van der Waals surface area (Å²) in [7, 11) is 0. The third kappa shape index (κ3) is 2.84. The number of nitrogens with two attached hydrogens (primary N) is 2. The Kier molecular flexibility index (Phi) is 5.02. The first-order chi connectivity index (χ1) is 7.74. The number of likely N-dealkylation sites (N-methyl/N-ethyl adjacent to an activating group) is 1. The molecule has 4 N–H and O–H groups in total. The number of nitrogens with zero attached hydrogens (tertiary/aromatic N) is 1. The zero-order valence-corrected chi connectivity index (χ0v) is 10.2. The number of hydrogen-bond acceptors (Lipinski definition) is 2. The molecule has 0 saturated heterocycles. The maximum atomic E-state index is 5.66. The molecule has 0 fully saturated rings. The van der Waals surface area contributed by atoms with Gasteiger partial charge in [0.1, 0.15) is 5.69 Å². The Morgan fingerprint density at radius 2 is 2.06 bits per heavy atom. The Balaban J connectivity index is 3.03. The van der Waals surface area contributed by atoms with Crippen molar-refractivity contribution in [2.75, 3.05) is 24.5 Å². The highest BCUT2D eigenvalue weighted by Crippen LogP contribution is 2.23. The maximum Gasteiger partial charge on any atom is 0.153 e. The first-order valence-corrected chi connectivity index (χ1v) is 5.82. The molecule has 3 heteroatoms. The van der Waals surface area contributed by atoms with Gasteiger partial charge < -0.3 is 16.0 Å². The fourth-order valence-corrected chi connectivity index (χ4v) is 1.80. The lowest BCUT2D eigenvalue weighted by Gasteiger charge is -2.25. The summed E-state index contributed by atoms with van der Waals surface area (Å²) in [5.41, 5.74) is 9.06. The van der Waals surface area contributed by atoms with Crippen LogP contribution in [0.3, 0.4) is 0 Å². The largest absolute Gasteiger partial charge is 0.340 e. The number of benzene rings is 1. The van der Waals surface area contributed by atoms with Crippen molar-refractivity contribution in [3.8, 4) is 0 Å². The van der Waals surface area contributed by atoms with Crippen molar-refractivity contribution in [1.29, 1.82) is 0 Å². The molecule has 0 aromatic heterocycles. The fraction of sp³-hybridized carbons (Fsp3) is 0.385.